The van der Waals surface area contributed by atoms with Crippen LogP contribution in [0.3, 0.4) is 0 Å². The number of nitrogen functional groups attached to an aromatic ring is 1. The second-order valence-corrected chi connectivity index (χ2v) is 9.63. The first kappa shape index (κ1) is 25.6. The van der Waals surface area contributed by atoms with Gasteiger partial charge >= 0.3 is 0 Å². The van der Waals surface area contributed by atoms with E-state index in [1.54, 1.807) is 42.5 Å². The molecule has 10 heteroatoms. The summed E-state index contributed by atoms with van der Waals surface area (Å²) >= 11 is 0. The molecule has 1 atom stereocenters. The lowest BCUT2D eigenvalue weighted by Gasteiger charge is -2.21. The van der Waals surface area contributed by atoms with Crippen molar-refractivity contribution < 1.29 is 22.7 Å². The number of hydrogen-bond donors (Lipinski definition) is 4. The first-order valence-electron chi connectivity index (χ1n) is 10.8. The van der Waals surface area contributed by atoms with Crippen molar-refractivity contribution in [2.24, 2.45) is 5.73 Å². The van der Waals surface area contributed by atoms with Crippen LogP contribution in [-0.2, 0) is 21.4 Å². The molecule has 0 heterocycles. The van der Waals surface area contributed by atoms with E-state index in [-0.39, 0.29) is 11.6 Å². The highest BCUT2D eigenvalue weighted by molar-refractivity contribution is 7.90. The van der Waals surface area contributed by atoms with Gasteiger partial charge in [0.2, 0.25) is 10.0 Å². The Labute approximate surface area is 204 Å². The van der Waals surface area contributed by atoms with Gasteiger partial charge in [-0.15, -0.1) is 0 Å². The number of nitrogens with one attached hydrogen (secondary N) is 3. The van der Waals surface area contributed by atoms with Crippen molar-refractivity contribution in [3.63, 3.8) is 0 Å². The van der Waals surface area contributed by atoms with Crippen molar-refractivity contribution in [3.05, 3.63) is 89.5 Å². The third-order valence-corrected chi connectivity index (χ3v) is 6.44. The first-order valence-corrected chi connectivity index (χ1v) is 12.5. The number of carbonyl (C=O) groups is 1. The monoisotopic (exact) mass is 496 g/mol. The highest BCUT2D eigenvalue weighted by atomic mass is 32.2. The molecule has 0 spiro atoms. The number of nitrogens with two attached hydrogens (primary N) is 1. The molecule has 0 saturated carbocycles. The van der Waals surface area contributed by atoms with Crippen LogP contribution in [0.15, 0.2) is 72.8 Å². The number of rotatable bonds is 11. The Morgan fingerprint density at radius 1 is 1.03 bits per heavy atom. The van der Waals surface area contributed by atoms with Crippen LogP contribution in [0.5, 0.6) is 11.5 Å². The summed E-state index contributed by atoms with van der Waals surface area (Å²) in [5.41, 5.74) is 8.01. The Morgan fingerprint density at radius 3 is 2.31 bits per heavy atom. The number of anilines is 1. The molecule has 0 aliphatic rings. The van der Waals surface area contributed by atoms with Crippen LogP contribution >= 0.6 is 0 Å². The van der Waals surface area contributed by atoms with Crippen molar-refractivity contribution in [2.45, 2.75) is 19.6 Å². The van der Waals surface area contributed by atoms with Gasteiger partial charge in [0.15, 0.2) is 11.5 Å². The van der Waals surface area contributed by atoms with E-state index in [0.717, 1.165) is 5.56 Å². The minimum Gasteiger partial charge on any atom is -0.493 e. The molecule has 5 N–H and O–H groups in total. The molecule has 0 bridgehead atoms. The maximum atomic E-state index is 13.0. The quantitative estimate of drug-likeness (QED) is 0.236. The topological polar surface area (TPSA) is 144 Å². The van der Waals surface area contributed by atoms with Crippen molar-refractivity contribution >= 4 is 27.5 Å². The van der Waals surface area contributed by atoms with Gasteiger partial charge in [-0.05, 0) is 54.4 Å². The molecule has 0 radical (unpaired) electrons. The molecule has 9 nitrogen and oxygen atoms in total. The van der Waals surface area contributed by atoms with E-state index < -0.39 is 22.0 Å². The Hall–Kier alpha value is -4.05. The minimum atomic E-state index is -3.79. The first-order chi connectivity index (χ1) is 16.7. The summed E-state index contributed by atoms with van der Waals surface area (Å²) in [6.07, 6.45) is 0. The number of benzene rings is 3. The average molecular weight is 497 g/mol. The van der Waals surface area contributed by atoms with Crippen molar-refractivity contribution in [3.8, 4) is 11.5 Å². The molecule has 3 rings (SSSR count). The maximum absolute atomic E-state index is 13.0. The van der Waals surface area contributed by atoms with Crippen LogP contribution in [-0.4, -0.2) is 33.0 Å². The summed E-state index contributed by atoms with van der Waals surface area (Å²) < 4.78 is 37.6. The molecule has 3 aromatic rings. The van der Waals surface area contributed by atoms with Gasteiger partial charge in [-0.1, -0.05) is 36.4 Å². The third-order valence-electron chi connectivity index (χ3n) is 5.16. The van der Waals surface area contributed by atoms with E-state index in [9.17, 15) is 13.2 Å². The van der Waals surface area contributed by atoms with Crippen molar-refractivity contribution in [1.82, 2.24) is 4.72 Å². The smallest absolute Gasteiger partial charge is 0.260 e. The fourth-order valence-corrected chi connectivity index (χ4v) is 3.78. The van der Waals surface area contributed by atoms with Crippen LogP contribution in [0.1, 0.15) is 29.7 Å². The van der Waals surface area contributed by atoms with Gasteiger partial charge in [0.25, 0.3) is 5.91 Å². The summed E-state index contributed by atoms with van der Waals surface area (Å²) in [6, 6.07) is 20.1. The summed E-state index contributed by atoms with van der Waals surface area (Å²) in [4.78, 5) is 13.0. The van der Waals surface area contributed by atoms with Crippen molar-refractivity contribution in [2.75, 3.05) is 18.2 Å². The van der Waals surface area contributed by atoms with Gasteiger partial charge < -0.3 is 20.5 Å². The average Bonchev–Trinajstić information content (AvgIpc) is 2.86. The van der Waals surface area contributed by atoms with Gasteiger partial charge in [0.1, 0.15) is 18.5 Å². The van der Waals surface area contributed by atoms with Gasteiger partial charge in [-0.3, -0.25) is 14.9 Å². The lowest BCUT2D eigenvalue weighted by molar-refractivity contribution is -0.120. The molecule has 0 saturated heterocycles. The fourth-order valence-electron chi connectivity index (χ4n) is 3.22. The molecule has 0 fully saturated rings. The Morgan fingerprint density at radius 2 is 1.71 bits per heavy atom. The predicted octanol–water partition coefficient (Wildman–Crippen LogP) is 3.18. The number of sulfonamides is 1. The second-order valence-electron chi connectivity index (χ2n) is 7.62. The lowest BCUT2D eigenvalue weighted by atomic mass is 10.0. The highest BCUT2D eigenvalue weighted by Gasteiger charge is 2.25. The SMILES string of the molecule is CCS(=O)(=O)NC(=O)C(Nc1ccc(C(=N)N)cc1)c1ccc(OCc2ccccc2)c(OC)c1. The van der Waals surface area contributed by atoms with Gasteiger partial charge in [0, 0.05) is 11.3 Å². The maximum Gasteiger partial charge on any atom is 0.260 e. The van der Waals surface area contributed by atoms with E-state index in [1.165, 1.54) is 14.0 Å². The lowest BCUT2D eigenvalue weighted by Crippen LogP contribution is -2.38. The second kappa shape index (κ2) is 11.4. The molecule has 1 unspecified atom stereocenters. The van der Waals surface area contributed by atoms with Gasteiger partial charge in [-0.25, -0.2) is 8.42 Å². The van der Waals surface area contributed by atoms with Crippen LogP contribution in [0, 0.1) is 5.41 Å². The number of hydrogen-bond acceptors (Lipinski definition) is 7. The van der Waals surface area contributed by atoms with Crippen LogP contribution in [0.2, 0.25) is 0 Å². The van der Waals surface area contributed by atoms with E-state index in [1.807, 2.05) is 30.3 Å². The van der Waals surface area contributed by atoms with E-state index in [4.69, 9.17) is 20.6 Å². The predicted molar refractivity (Wildman–Crippen MR) is 135 cm³/mol. The molecule has 0 aliphatic heterocycles. The molecular formula is C25H28N4O5S. The van der Waals surface area contributed by atoms with Crippen LogP contribution in [0.4, 0.5) is 5.69 Å². The number of ether oxygens (including phenoxy) is 2. The van der Waals surface area contributed by atoms with Crippen molar-refractivity contribution in [1.29, 1.82) is 5.41 Å². The van der Waals surface area contributed by atoms with E-state index >= 15 is 0 Å². The number of methoxy groups -OCH3 is 1. The zero-order valence-electron chi connectivity index (χ0n) is 19.4. The standard InChI is InChI=1S/C25H28N4O5S/c1-3-35(31,32)29-25(30)23(28-20-12-9-18(10-13-20)24(26)27)19-11-14-21(22(15-19)33-2)34-16-17-7-5-4-6-8-17/h4-15,23,28H,3,16H2,1-2H3,(H3,26,27)(H,29,30). The third kappa shape index (κ3) is 6.97. The normalized spacial score (nSPS) is 11.8. The Kier molecular flexibility index (Phi) is 8.32. The molecule has 0 aromatic heterocycles. The minimum absolute atomic E-state index is 0.0873. The summed E-state index contributed by atoms with van der Waals surface area (Å²) in [5.74, 6) is -0.207. The summed E-state index contributed by atoms with van der Waals surface area (Å²) in [6.45, 7) is 1.77. The molecule has 184 valence electrons. The van der Waals surface area contributed by atoms with Gasteiger partial charge in [0.05, 0.1) is 12.9 Å². The molecule has 3 aromatic carbocycles. The van der Waals surface area contributed by atoms with Crippen LogP contribution in [0.25, 0.3) is 0 Å². The molecular weight excluding hydrogens is 468 g/mol. The number of carbonyl (C=O) groups excluding carboxylic acids is 1. The molecule has 0 aliphatic carbocycles. The van der Waals surface area contributed by atoms with Gasteiger partial charge in [-0.2, -0.15) is 0 Å². The van der Waals surface area contributed by atoms with Crippen LogP contribution < -0.4 is 25.2 Å². The fraction of sp³-hybridized carbons (Fsp3) is 0.200. The highest BCUT2D eigenvalue weighted by Crippen LogP contribution is 2.32. The zero-order valence-corrected chi connectivity index (χ0v) is 20.3. The molecule has 1 amide bonds. The zero-order chi connectivity index (χ0) is 25.4. The van der Waals surface area contributed by atoms with E-state index in [0.29, 0.717) is 34.9 Å². The summed E-state index contributed by atoms with van der Waals surface area (Å²) in [5, 5.41) is 10.6. The van der Waals surface area contributed by atoms with E-state index in [2.05, 4.69) is 10.0 Å². The molecule has 35 heavy (non-hydrogen) atoms. The Bertz CT molecular complexity index is 1280. The Balaban J connectivity index is 1.90. The number of amidine groups is 1. The number of amides is 1. The summed E-state index contributed by atoms with van der Waals surface area (Å²) in [7, 11) is -2.30. The largest absolute Gasteiger partial charge is 0.493 e.